The average molecular weight is 288 g/mol. The number of hydrogen-bond acceptors (Lipinski definition) is 4. The summed E-state index contributed by atoms with van der Waals surface area (Å²) in [6.07, 6.45) is 0. The van der Waals surface area contributed by atoms with Gasteiger partial charge in [-0.25, -0.2) is 0 Å². The molecule has 0 saturated carbocycles. The highest BCUT2D eigenvalue weighted by Crippen LogP contribution is 2.04. The van der Waals surface area contributed by atoms with Crippen LogP contribution in [0, 0.1) is 22.7 Å². The van der Waals surface area contributed by atoms with Gasteiger partial charge in [0.15, 0.2) is 0 Å². The Balaban J connectivity index is 2.02. The molecular weight excluding hydrogens is 272 g/mol. The average Bonchev–Trinajstić information content (AvgIpc) is 2.59. The molecule has 0 amide bonds. The van der Waals surface area contributed by atoms with Crippen LogP contribution in [0.3, 0.4) is 0 Å². The molecule has 0 bridgehead atoms. The topological polar surface area (TPSA) is 71.6 Å². The van der Waals surface area contributed by atoms with Crippen molar-refractivity contribution in [1.82, 2.24) is 10.6 Å². The second-order valence-electron chi connectivity index (χ2n) is 4.65. The maximum absolute atomic E-state index is 9.24. The number of benzene rings is 2. The van der Waals surface area contributed by atoms with Crippen molar-refractivity contribution in [3.05, 3.63) is 83.2 Å². The van der Waals surface area contributed by atoms with E-state index in [1.165, 1.54) is 0 Å². The molecule has 2 aromatic carbocycles. The van der Waals surface area contributed by atoms with Crippen LogP contribution in [0.2, 0.25) is 0 Å². The van der Waals surface area contributed by atoms with Crippen molar-refractivity contribution < 1.29 is 0 Å². The SMILES string of the molecule is N#C/C(NCc1ccccc1)=C(\C#N)NCc1ccccc1. The standard InChI is InChI=1S/C18H16N4/c19-11-17(21-13-15-7-3-1-4-8-15)18(12-20)22-14-16-9-5-2-6-10-16/h1-10,21-22H,13-14H2/b18-17-. The van der Waals surface area contributed by atoms with Gasteiger partial charge in [-0.3, -0.25) is 0 Å². The lowest BCUT2D eigenvalue weighted by atomic mass is 10.2. The molecule has 2 rings (SSSR count). The van der Waals surface area contributed by atoms with Crippen molar-refractivity contribution in [2.75, 3.05) is 0 Å². The minimum Gasteiger partial charge on any atom is -0.370 e. The molecule has 0 unspecified atom stereocenters. The summed E-state index contributed by atoms with van der Waals surface area (Å²) in [5.41, 5.74) is 2.61. The van der Waals surface area contributed by atoms with E-state index in [9.17, 15) is 10.5 Å². The van der Waals surface area contributed by atoms with Gasteiger partial charge in [0, 0.05) is 13.1 Å². The summed E-state index contributed by atoms with van der Waals surface area (Å²) in [6, 6.07) is 23.6. The fraction of sp³-hybridized carbons (Fsp3) is 0.111. The van der Waals surface area contributed by atoms with E-state index in [0.29, 0.717) is 13.1 Å². The Kier molecular flexibility index (Phi) is 5.61. The molecular formula is C18H16N4. The van der Waals surface area contributed by atoms with Crippen molar-refractivity contribution in [2.24, 2.45) is 0 Å². The van der Waals surface area contributed by atoms with Gasteiger partial charge in [0.05, 0.1) is 0 Å². The van der Waals surface area contributed by atoms with Gasteiger partial charge in [-0.05, 0) is 11.1 Å². The van der Waals surface area contributed by atoms with Crippen molar-refractivity contribution >= 4 is 0 Å². The molecule has 0 atom stereocenters. The van der Waals surface area contributed by atoms with Crippen LogP contribution in [0.1, 0.15) is 11.1 Å². The number of nitrogens with one attached hydrogen (secondary N) is 2. The largest absolute Gasteiger partial charge is 0.370 e. The Morgan fingerprint density at radius 3 is 1.36 bits per heavy atom. The smallest absolute Gasteiger partial charge is 0.148 e. The van der Waals surface area contributed by atoms with Crippen LogP contribution in [-0.2, 0) is 13.1 Å². The molecule has 2 aromatic rings. The molecule has 22 heavy (non-hydrogen) atoms. The van der Waals surface area contributed by atoms with E-state index in [1.807, 2.05) is 72.8 Å². The highest BCUT2D eigenvalue weighted by Gasteiger charge is 2.06. The Bertz CT molecular complexity index is 643. The van der Waals surface area contributed by atoms with Crippen LogP contribution in [0.4, 0.5) is 0 Å². The third-order valence-corrected chi connectivity index (χ3v) is 3.10. The molecule has 4 nitrogen and oxygen atoms in total. The normalized spacial score (nSPS) is 10.8. The third-order valence-electron chi connectivity index (χ3n) is 3.10. The summed E-state index contributed by atoms with van der Waals surface area (Å²) in [5.74, 6) is 0. The van der Waals surface area contributed by atoms with Crippen molar-refractivity contribution in [3.63, 3.8) is 0 Å². The summed E-state index contributed by atoms with van der Waals surface area (Å²) in [7, 11) is 0. The predicted octanol–water partition coefficient (Wildman–Crippen LogP) is 2.82. The highest BCUT2D eigenvalue weighted by atomic mass is 15.0. The summed E-state index contributed by atoms with van der Waals surface area (Å²) < 4.78 is 0. The zero-order valence-corrected chi connectivity index (χ0v) is 12.1. The number of nitriles is 2. The summed E-state index contributed by atoms with van der Waals surface area (Å²) in [4.78, 5) is 0. The molecule has 2 N–H and O–H groups in total. The van der Waals surface area contributed by atoms with Gasteiger partial charge < -0.3 is 10.6 Å². The lowest BCUT2D eigenvalue weighted by Crippen LogP contribution is -2.21. The van der Waals surface area contributed by atoms with Crippen LogP contribution in [0.5, 0.6) is 0 Å². The van der Waals surface area contributed by atoms with E-state index in [0.717, 1.165) is 11.1 Å². The van der Waals surface area contributed by atoms with Gasteiger partial charge in [-0.1, -0.05) is 60.7 Å². The van der Waals surface area contributed by atoms with E-state index < -0.39 is 0 Å². The quantitative estimate of drug-likeness (QED) is 0.802. The van der Waals surface area contributed by atoms with E-state index in [2.05, 4.69) is 10.6 Å². The zero-order chi connectivity index (χ0) is 15.6. The van der Waals surface area contributed by atoms with E-state index in [-0.39, 0.29) is 11.4 Å². The summed E-state index contributed by atoms with van der Waals surface area (Å²) in [5, 5.41) is 24.5. The van der Waals surface area contributed by atoms with Gasteiger partial charge in [-0.15, -0.1) is 0 Å². The highest BCUT2D eigenvalue weighted by molar-refractivity contribution is 5.35. The van der Waals surface area contributed by atoms with Crippen molar-refractivity contribution in [3.8, 4) is 12.1 Å². The van der Waals surface area contributed by atoms with E-state index in [1.54, 1.807) is 0 Å². The first-order chi connectivity index (χ1) is 10.8. The first kappa shape index (κ1) is 15.2. The lowest BCUT2D eigenvalue weighted by Gasteiger charge is -2.09. The molecule has 0 aliphatic heterocycles. The van der Waals surface area contributed by atoms with Gasteiger partial charge in [0.25, 0.3) is 0 Å². The van der Waals surface area contributed by atoms with E-state index in [4.69, 9.17) is 0 Å². The fourth-order valence-corrected chi connectivity index (χ4v) is 1.94. The molecule has 0 radical (unpaired) electrons. The lowest BCUT2D eigenvalue weighted by molar-refractivity contribution is 0.774. The maximum Gasteiger partial charge on any atom is 0.148 e. The van der Waals surface area contributed by atoms with Gasteiger partial charge in [0.2, 0.25) is 0 Å². The second-order valence-corrected chi connectivity index (χ2v) is 4.65. The first-order valence-electron chi connectivity index (χ1n) is 6.93. The number of rotatable bonds is 6. The van der Waals surface area contributed by atoms with Crippen molar-refractivity contribution in [1.29, 1.82) is 10.5 Å². The van der Waals surface area contributed by atoms with Crippen LogP contribution in [0.15, 0.2) is 72.1 Å². The molecule has 0 aromatic heterocycles. The molecule has 0 fully saturated rings. The fourth-order valence-electron chi connectivity index (χ4n) is 1.94. The molecule has 0 aliphatic carbocycles. The van der Waals surface area contributed by atoms with Crippen LogP contribution < -0.4 is 10.6 Å². The Morgan fingerprint density at radius 1 is 0.682 bits per heavy atom. The number of hydrogen-bond donors (Lipinski definition) is 2. The van der Waals surface area contributed by atoms with Crippen LogP contribution in [-0.4, -0.2) is 0 Å². The van der Waals surface area contributed by atoms with Gasteiger partial charge in [-0.2, -0.15) is 10.5 Å². The Labute approximate surface area is 130 Å². The second kappa shape index (κ2) is 8.14. The first-order valence-corrected chi connectivity index (χ1v) is 6.93. The van der Waals surface area contributed by atoms with Crippen LogP contribution in [0.25, 0.3) is 0 Å². The maximum atomic E-state index is 9.24. The van der Waals surface area contributed by atoms with E-state index >= 15 is 0 Å². The summed E-state index contributed by atoms with van der Waals surface area (Å²) >= 11 is 0. The molecule has 0 spiro atoms. The molecule has 108 valence electrons. The minimum atomic E-state index is 0.252. The summed E-state index contributed by atoms with van der Waals surface area (Å²) in [6.45, 7) is 1.00. The molecule has 0 heterocycles. The minimum absolute atomic E-state index is 0.252. The molecule has 4 heteroatoms. The Morgan fingerprint density at radius 2 is 1.05 bits per heavy atom. The van der Waals surface area contributed by atoms with Crippen molar-refractivity contribution in [2.45, 2.75) is 13.1 Å². The third kappa shape index (κ3) is 4.40. The number of nitrogens with zero attached hydrogens (tertiary/aromatic N) is 2. The zero-order valence-electron chi connectivity index (χ0n) is 12.1. The van der Waals surface area contributed by atoms with Gasteiger partial charge in [0.1, 0.15) is 23.5 Å². The Hall–Kier alpha value is -3.24. The van der Waals surface area contributed by atoms with Gasteiger partial charge >= 0.3 is 0 Å². The monoisotopic (exact) mass is 288 g/mol. The molecule has 0 saturated heterocycles. The number of allylic oxidation sites excluding steroid dienone is 2. The predicted molar refractivity (Wildman–Crippen MR) is 84.8 cm³/mol. The molecule has 0 aliphatic rings. The van der Waals surface area contributed by atoms with Crippen LogP contribution >= 0.6 is 0 Å².